The highest BCUT2D eigenvalue weighted by molar-refractivity contribution is 7.99. The van der Waals surface area contributed by atoms with E-state index in [1.165, 1.54) is 17.3 Å². The predicted molar refractivity (Wildman–Crippen MR) is 160 cm³/mol. The summed E-state index contributed by atoms with van der Waals surface area (Å²) in [4.78, 5) is 28.7. The molecule has 3 aromatic heterocycles. The maximum Gasteiger partial charge on any atom is 0.405 e. The van der Waals surface area contributed by atoms with Crippen molar-refractivity contribution in [2.45, 2.75) is 60.7 Å². The second kappa shape index (κ2) is 10.9. The van der Waals surface area contributed by atoms with Crippen LogP contribution >= 0.6 is 23.4 Å². The van der Waals surface area contributed by atoms with Gasteiger partial charge in [-0.1, -0.05) is 47.6 Å². The summed E-state index contributed by atoms with van der Waals surface area (Å²) in [6, 6.07) is 9.76. The third-order valence-electron chi connectivity index (χ3n) is 8.75. The van der Waals surface area contributed by atoms with Crippen LogP contribution in [0.5, 0.6) is 0 Å². The summed E-state index contributed by atoms with van der Waals surface area (Å²) in [5.41, 5.74) is 9.44. The molecular weight excluding hydrogens is 576 g/mol. The van der Waals surface area contributed by atoms with Gasteiger partial charge in [0, 0.05) is 36.2 Å². The van der Waals surface area contributed by atoms with E-state index in [4.69, 9.17) is 37.1 Å². The van der Waals surface area contributed by atoms with E-state index in [-0.39, 0.29) is 23.5 Å². The molecule has 2 atom stereocenters. The van der Waals surface area contributed by atoms with Crippen LogP contribution in [0.2, 0.25) is 5.02 Å². The molecule has 218 valence electrons. The Morgan fingerprint density at radius 3 is 2.81 bits per heavy atom. The summed E-state index contributed by atoms with van der Waals surface area (Å²) in [7, 11) is 0. The number of nitrogens with one attached hydrogen (secondary N) is 1. The number of pyridine rings is 1. The number of nitrogen functional groups attached to an aromatic ring is 1. The number of hydrogen-bond donors (Lipinski definition) is 3. The smallest absolute Gasteiger partial charge is 0.405 e. The lowest BCUT2D eigenvalue weighted by Crippen LogP contribution is -2.47. The second-order valence-corrected chi connectivity index (χ2v) is 12.6. The first kappa shape index (κ1) is 27.2. The summed E-state index contributed by atoms with van der Waals surface area (Å²) in [5.74, 6) is 1.04. The zero-order chi connectivity index (χ0) is 28.8. The largest absolute Gasteiger partial charge is 0.465 e. The van der Waals surface area contributed by atoms with Crippen molar-refractivity contribution in [3.8, 4) is 0 Å². The number of nitrogens with zero attached hydrogens (tertiary/aromatic N) is 6. The number of carbonyl (C=O) groups is 1. The highest BCUT2D eigenvalue weighted by Crippen LogP contribution is 2.52. The topological polar surface area (TPSA) is 144 Å². The van der Waals surface area contributed by atoms with Crippen LogP contribution in [-0.2, 0) is 11.2 Å². The van der Waals surface area contributed by atoms with Crippen molar-refractivity contribution < 1.29 is 14.6 Å². The number of rotatable bonds is 5. The van der Waals surface area contributed by atoms with Crippen molar-refractivity contribution in [3.05, 3.63) is 58.9 Å². The molecule has 2 saturated heterocycles. The summed E-state index contributed by atoms with van der Waals surface area (Å²) in [5, 5.41) is 18.4. The minimum absolute atomic E-state index is 0.163. The van der Waals surface area contributed by atoms with E-state index in [0.717, 1.165) is 67.9 Å². The number of amides is 1. The van der Waals surface area contributed by atoms with Gasteiger partial charge in [0.05, 0.1) is 17.3 Å². The van der Waals surface area contributed by atoms with E-state index >= 15 is 0 Å². The SMILES string of the molecule is Nc1nccc(Sc2nn(C3CCCCO3)c3nc(N4CCC5(CC4)Cc4ccccc4C5NC(=O)O)cnc23)c1Cl. The van der Waals surface area contributed by atoms with Crippen molar-refractivity contribution in [2.24, 2.45) is 5.41 Å². The van der Waals surface area contributed by atoms with Gasteiger partial charge in [0.15, 0.2) is 16.9 Å². The molecule has 42 heavy (non-hydrogen) atoms. The molecule has 1 aliphatic carbocycles. The lowest BCUT2D eigenvalue weighted by Gasteiger charge is -2.43. The highest BCUT2D eigenvalue weighted by atomic mass is 35.5. The van der Waals surface area contributed by atoms with E-state index in [1.807, 2.05) is 28.9 Å². The Morgan fingerprint density at radius 2 is 2.02 bits per heavy atom. The number of ether oxygens (including phenoxy) is 1. The predicted octanol–water partition coefficient (Wildman–Crippen LogP) is 5.46. The molecule has 4 N–H and O–H groups in total. The molecule has 3 aliphatic rings. The second-order valence-electron chi connectivity index (χ2n) is 11.2. The maximum absolute atomic E-state index is 11.7. The number of hydrogen-bond acceptors (Lipinski definition) is 9. The Labute approximate surface area is 251 Å². The van der Waals surface area contributed by atoms with E-state index in [0.29, 0.717) is 27.8 Å². The standard InChI is InChI=1S/C29H31ClN8O3S/c30-22-19(8-11-32-25(22)31)42-27-23-26(38(36-27)21-7-3-4-14-41-21)34-20(16-33-23)37-12-9-29(10-13-37)15-17-5-1-2-6-18(17)24(29)35-28(39)40/h1-2,5-6,8,11,16,21,24,35H,3-4,7,9-10,12-15H2,(H2,31,32)(H,39,40). The highest BCUT2D eigenvalue weighted by Gasteiger charge is 2.48. The molecule has 0 saturated carbocycles. The molecule has 1 spiro atoms. The van der Waals surface area contributed by atoms with Crippen LogP contribution in [0, 0.1) is 5.41 Å². The average molecular weight is 607 g/mol. The minimum atomic E-state index is -0.988. The molecule has 1 amide bonds. The normalized spacial score (nSPS) is 21.5. The first-order valence-electron chi connectivity index (χ1n) is 14.2. The Bertz CT molecular complexity index is 1650. The Morgan fingerprint density at radius 1 is 1.19 bits per heavy atom. The number of fused-ring (bicyclic) bond motifs is 2. The molecule has 2 aliphatic heterocycles. The molecule has 4 aromatic rings. The average Bonchev–Trinajstić information content (AvgIpc) is 3.51. The van der Waals surface area contributed by atoms with Crippen LogP contribution in [0.4, 0.5) is 16.4 Å². The van der Waals surface area contributed by atoms with E-state index in [9.17, 15) is 9.90 Å². The summed E-state index contributed by atoms with van der Waals surface area (Å²) >= 11 is 7.83. The van der Waals surface area contributed by atoms with Crippen LogP contribution in [0.3, 0.4) is 0 Å². The Hall–Kier alpha value is -3.61. The first-order chi connectivity index (χ1) is 20.4. The van der Waals surface area contributed by atoms with Crippen molar-refractivity contribution in [1.82, 2.24) is 30.0 Å². The first-order valence-corrected chi connectivity index (χ1v) is 15.4. The number of anilines is 2. The zero-order valence-electron chi connectivity index (χ0n) is 22.9. The van der Waals surface area contributed by atoms with Gasteiger partial charge in [0.25, 0.3) is 0 Å². The summed E-state index contributed by atoms with van der Waals surface area (Å²) in [6.45, 7) is 2.16. The Kier molecular flexibility index (Phi) is 7.07. The third-order valence-corrected chi connectivity index (χ3v) is 10.3. The molecule has 0 radical (unpaired) electrons. The number of piperidine rings is 1. The molecule has 5 heterocycles. The van der Waals surface area contributed by atoms with Crippen molar-refractivity contribution >= 4 is 52.3 Å². The van der Waals surface area contributed by atoms with Crippen LogP contribution in [0.1, 0.15) is 55.5 Å². The monoisotopic (exact) mass is 606 g/mol. The fourth-order valence-corrected chi connectivity index (χ4v) is 7.75. The maximum atomic E-state index is 11.7. The van der Waals surface area contributed by atoms with Gasteiger partial charge >= 0.3 is 6.09 Å². The van der Waals surface area contributed by atoms with Gasteiger partial charge < -0.3 is 25.8 Å². The van der Waals surface area contributed by atoms with Gasteiger partial charge in [-0.05, 0) is 55.7 Å². The van der Waals surface area contributed by atoms with E-state index in [1.54, 1.807) is 12.4 Å². The molecular formula is C29H31ClN8O3S. The molecule has 2 fully saturated rings. The third kappa shape index (κ3) is 4.81. The van der Waals surface area contributed by atoms with Gasteiger partial charge in [-0.25, -0.2) is 24.4 Å². The van der Waals surface area contributed by atoms with Gasteiger partial charge in [0.1, 0.15) is 17.2 Å². The molecule has 13 heteroatoms. The van der Waals surface area contributed by atoms with Crippen LogP contribution in [0.15, 0.2) is 52.6 Å². The lowest BCUT2D eigenvalue weighted by atomic mass is 9.72. The van der Waals surface area contributed by atoms with Gasteiger partial charge in [0.2, 0.25) is 0 Å². The fraction of sp³-hybridized carbons (Fsp3) is 0.414. The number of carboxylic acid groups (broad SMARTS) is 1. The number of benzene rings is 1. The molecule has 11 nitrogen and oxygen atoms in total. The molecule has 7 rings (SSSR count). The molecule has 2 unspecified atom stereocenters. The quantitative estimate of drug-likeness (QED) is 0.268. The van der Waals surface area contributed by atoms with Crippen LogP contribution in [0.25, 0.3) is 11.2 Å². The van der Waals surface area contributed by atoms with Gasteiger partial charge in [-0.15, -0.1) is 0 Å². The van der Waals surface area contributed by atoms with Crippen molar-refractivity contribution in [3.63, 3.8) is 0 Å². The van der Waals surface area contributed by atoms with E-state index in [2.05, 4.69) is 21.3 Å². The van der Waals surface area contributed by atoms with Crippen molar-refractivity contribution in [1.29, 1.82) is 0 Å². The Balaban J connectivity index is 1.19. The number of aromatic nitrogens is 5. The number of nitrogens with two attached hydrogens (primary N) is 1. The summed E-state index contributed by atoms with van der Waals surface area (Å²) < 4.78 is 7.96. The van der Waals surface area contributed by atoms with Gasteiger partial charge in [-0.2, -0.15) is 5.10 Å². The zero-order valence-corrected chi connectivity index (χ0v) is 24.4. The van der Waals surface area contributed by atoms with Crippen LogP contribution < -0.4 is 16.0 Å². The molecule has 0 bridgehead atoms. The minimum Gasteiger partial charge on any atom is -0.465 e. The van der Waals surface area contributed by atoms with E-state index < -0.39 is 6.09 Å². The lowest BCUT2D eigenvalue weighted by molar-refractivity contribution is -0.0376. The summed E-state index contributed by atoms with van der Waals surface area (Å²) in [6.07, 6.45) is 7.67. The molecule has 1 aromatic carbocycles. The van der Waals surface area contributed by atoms with Crippen LogP contribution in [-0.4, -0.2) is 55.6 Å². The number of halogens is 1. The van der Waals surface area contributed by atoms with Gasteiger partial charge in [-0.3, -0.25) is 0 Å². The van der Waals surface area contributed by atoms with Crippen molar-refractivity contribution in [2.75, 3.05) is 30.3 Å². The fourth-order valence-electron chi connectivity index (χ4n) is 6.63.